The quantitative estimate of drug-likeness (QED) is 0.798. The molecule has 0 atom stereocenters. The molecule has 2 aromatic rings. The van der Waals surface area contributed by atoms with E-state index in [1.165, 1.54) is 0 Å². The van der Waals surface area contributed by atoms with Crippen LogP contribution in [-0.2, 0) is 0 Å². The van der Waals surface area contributed by atoms with Crippen LogP contribution in [0.25, 0.3) is 0 Å². The SMILES string of the molecule is COc1ccc(Cl)cc1NC(=S)Nc1c(C)cccc1C. The lowest BCUT2D eigenvalue weighted by Gasteiger charge is -2.16. The fraction of sp³-hybridized carbons (Fsp3) is 0.188. The van der Waals surface area contributed by atoms with Crippen molar-refractivity contribution < 1.29 is 4.74 Å². The third-order valence-corrected chi connectivity index (χ3v) is 3.57. The zero-order valence-electron chi connectivity index (χ0n) is 12.2. The molecule has 0 aromatic heterocycles. The van der Waals surface area contributed by atoms with Crippen LogP contribution >= 0.6 is 23.8 Å². The van der Waals surface area contributed by atoms with Crippen LogP contribution < -0.4 is 15.4 Å². The van der Waals surface area contributed by atoms with Crippen LogP contribution in [0.3, 0.4) is 0 Å². The van der Waals surface area contributed by atoms with Crippen molar-refractivity contribution in [1.29, 1.82) is 0 Å². The van der Waals surface area contributed by atoms with Gasteiger partial charge in [-0.2, -0.15) is 0 Å². The average molecular weight is 321 g/mol. The molecule has 2 N–H and O–H groups in total. The maximum Gasteiger partial charge on any atom is 0.175 e. The van der Waals surface area contributed by atoms with Gasteiger partial charge in [-0.25, -0.2) is 0 Å². The minimum atomic E-state index is 0.493. The molecular formula is C16H17ClN2OS. The highest BCUT2D eigenvalue weighted by molar-refractivity contribution is 7.80. The highest BCUT2D eigenvalue weighted by Gasteiger charge is 2.08. The molecule has 0 heterocycles. The first-order valence-corrected chi connectivity index (χ1v) is 7.27. The van der Waals surface area contributed by atoms with Crippen LogP contribution in [0.15, 0.2) is 36.4 Å². The Morgan fingerprint density at radius 3 is 2.38 bits per heavy atom. The van der Waals surface area contributed by atoms with Gasteiger partial charge in [0.2, 0.25) is 0 Å². The van der Waals surface area contributed by atoms with E-state index < -0.39 is 0 Å². The van der Waals surface area contributed by atoms with Crippen molar-refractivity contribution in [2.24, 2.45) is 0 Å². The first-order chi connectivity index (χ1) is 10.0. The first kappa shape index (κ1) is 15.6. The molecule has 0 aliphatic rings. The van der Waals surface area contributed by atoms with Crippen LogP contribution in [-0.4, -0.2) is 12.2 Å². The number of thiocarbonyl (C=S) groups is 1. The number of aryl methyl sites for hydroxylation is 2. The Kier molecular flexibility index (Phi) is 5.04. The van der Waals surface area contributed by atoms with Crippen LogP contribution in [0, 0.1) is 13.8 Å². The second-order valence-corrected chi connectivity index (χ2v) is 5.54. The Balaban J connectivity index is 2.17. The van der Waals surface area contributed by atoms with Gasteiger partial charge in [-0.05, 0) is 55.4 Å². The third-order valence-electron chi connectivity index (χ3n) is 3.13. The smallest absolute Gasteiger partial charge is 0.175 e. The van der Waals surface area contributed by atoms with Crippen molar-refractivity contribution >= 4 is 40.3 Å². The largest absolute Gasteiger partial charge is 0.495 e. The predicted octanol–water partition coefficient (Wildman–Crippen LogP) is 4.77. The molecule has 0 amide bonds. The summed E-state index contributed by atoms with van der Waals surface area (Å²) in [6.45, 7) is 4.08. The number of benzene rings is 2. The van der Waals surface area contributed by atoms with Crippen LogP contribution in [0.1, 0.15) is 11.1 Å². The van der Waals surface area contributed by atoms with Crippen molar-refractivity contribution in [3.63, 3.8) is 0 Å². The molecule has 0 radical (unpaired) electrons. The molecule has 0 unspecified atom stereocenters. The molecular weight excluding hydrogens is 304 g/mol. The van der Waals surface area contributed by atoms with E-state index >= 15 is 0 Å². The van der Waals surface area contributed by atoms with Gasteiger partial charge in [0.1, 0.15) is 5.75 Å². The van der Waals surface area contributed by atoms with Gasteiger partial charge < -0.3 is 15.4 Å². The Hall–Kier alpha value is -1.78. The summed E-state index contributed by atoms with van der Waals surface area (Å²) in [5.74, 6) is 0.685. The summed E-state index contributed by atoms with van der Waals surface area (Å²) in [6.07, 6.45) is 0. The maximum absolute atomic E-state index is 6.01. The van der Waals surface area contributed by atoms with Crippen molar-refractivity contribution in [3.05, 3.63) is 52.5 Å². The number of hydrogen-bond donors (Lipinski definition) is 2. The Labute approximate surface area is 135 Å². The van der Waals surface area contributed by atoms with E-state index in [4.69, 9.17) is 28.6 Å². The minimum Gasteiger partial charge on any atom is -0.495 e. The Morgan fingerprint density at radius 2 is 1.76 bits per heavy atom. The number of rotatable bonds is 3. The summed E-state index contributed by atoms with van der Waals surface area (Å²) < 4.78 is 5.29. The summed E-state index contributed by atoms with van der Waals surface area (Å²) in [5.41, 5.74) is 4.01. The van der Waals surface area contributed by atoms with E-state index in [2.05, 4.69) is 10.6 Å². The zero-order valence-corrected chi connectivity index (χ0v) is 13.7. The monoisotopic (exact) mass is 320 g/mol. The highest BCUT2D eigenvalue weighted by atomic mass is 35.5. The van der Waals surface area contributed by atoms with Gasteiger partial charge in [0.15, 0.2) is 5.11 Å². The highest BCUT2D eigenvalue weighted by Crippen LogP contribution is 2.28. The van der Waals surface area contributed by atoms with Crippen molar-refractivity contribution in [2.75, 3.05) is 17.7 Å². The number of nitrogens with one attached hydrogen (secondary N) is 2. The van der Waals surface area contributed by atoms with Crippen molar-refractivity contribution in [3.8, 4) is 5.75 Å². The van der Waals surface area contributed by atoms with Gasteiger partial charge >= 0.3 is 0 Å². The van der Waals surface area contributed by atoms with Gasteiger partial charge in [-0.3, -0.25) is 0 Å². The fourth-order valence-corrected chi connectivity index (χ4v) is 2.44. The van der Waals surface area contributed by atoms with Crippen LogP contribution in [0.5, 0.6) is 5.75 Å². The predicted molar refractivity (Wildman–Crippen MR) is 93.8 cm³/mol. The summed E-state index contributed by atoms with van der Waals surface area (Å²) >= 11 is 11.4. The molecule has 110 valence electrons. The molecule has 0 fully saturated rings. The average Bonchev–Trinajstić information content (AvgIpc) is 2.43. The minimum absolute atomic E-state index is 0.493. The molecule has 2 aromatic carbocycles. The van der Waals surface area contributed by atoms with Gasteiger partial charge in [-0.1, -0.05) is 29.8 Å². The zero-order chi connectivity index (χ0) is 15.4. The molecule has 0 bridgehead atoms. The van der Waals surface area contributed by atoms with Gasteiger partial charge in [0.25, 0.3) is 0 Å². The topological polar surface area (TPSA) is 33.3 Å². The van der Waals surface area contributed by atoms with E-state index in [1.807, 2.05) is 32.0 Å². The molecule has 2 rings (SSSR count). The molecule has 0 aliphatic heterocycles. The normalized spacial score (nSPS) is 10.1. The lowest BCUT2D eigenvalue weighted by Crippen LogP contribution is -2.20. The van der Waals surface area contributed by atoms with Crippen molar-refractivity contribution in [2.45, 2.75) is 13.8 Å². The number of anilines is 2. The molecule has 0 spiro atoms. The van der Waals surface area contributed by atoms with Gasteiger partial charge in [0.05, 0.1) is 12.8 Å². The second-order valence-electron chi connectivity index (χ2n) is 4.69. The van der Waals surface area contributed by atoms with Gasteiger partial charge in [-0.15, -0.1) is 0 Å². The number of ether oxygens (including phenoxy) is 1. The Bertz CT molecular complexity index is 653. The van der Waals surface area contributed by atoms with Gasteiger partial charge in [0, 0.05) is 10.7 Å². The standard InChI is InChI=1S/C16H17ClN2OS/c1-10-5-4-6-11(2)15(10)19-16(21)18-13-9-12(17)7-8-14(13)20-3/h4-9H,1-3H3,(H2,18,19,21). The van der Waals surface area contributed by atoms with E-state index in [0.29, 0.717) is 15.9 Å². The molecule has 0 saturated carbocycles. The number of methoxy groups -OCH3 is 1. The maximum atomic E-state index is 6.01. The molecule has 5 heteroatoms. The van der Waals surface area contributed by atoms with E-state index in [1.54, 1.807) is 25.3 Å². The Morgan fingerprint density at radius 1 is 1.10 bits per heavy atom. The molecule has 0 saturated heterocycles. The second kappa shape index (κ2) is 6.78. The van der Waals surface area contributed by atoms with E-state index in [-0.39, 0.29) is 0 Å². The number of hydrogen-bond acceptors (Lipinski definition) is 2. The van der Waals surface area contributed by atoms with Crippen LogP contribution in [0.4, 0.5) is 11.4 Å². The third kappa shape index (κ3) is 3.86. The lowest BCUT2D eigenvalue weighted by molar-refractivity contribution is 0.417. The fourth-order valence-electron chi connectivity index (χ4n) is 2.06. The molecule has 0 aliphatic carbocycles. The molecule has 3 nitrogen and oxygen atoms in total. The van der Waals surface area contributed by atoms with E-state index in [0.717, 1.165) is 22.5 Å². The summed E-state index contributed by atoms with van der Waals surface area (Å²) in [4.78, 5) is 0. The number of halogens is 1. The summed E-state index contributed by atoms with van der Waals surface area (Å²) in [5, 5.41) is 7.45. The van der Waals surface area contributed by atoms with Crippen LogP contribution in [0.2, 0.25) is 5.02 Å². The lowest BCUT2D eigenvalue weighted by atomic mass is 10.1. The first-order valence-electron chi connectivity index (χ1n) is 6.49. The van der Waals surface area contributed by atoms with Crippen molar-refractivity contribution in [1.82, 2.24) is 0 Å². The van der Waals surface area contributed by atoms with E-state index in [9.17, 15) is 0 Å². The number of para-hydroxylation sites is 1. The summed E-state index contributed by atoms with van der Waals surface area (Å²) in [6, 6.07) is 11.4. The summed E-state index contributed by atoms with van der Waals surface area (Å²) in [7, 11) is 1.61. The molecule has 21 heavy (non-hydrogen) atoms.